The summed E-state index contributed by atoms with van der Waals surface area (Å²) >= 11 is 0. The zero-order chi connectivity index (χ0) is 22.7. The molecule has 0 aromatic heterocycles. The molecule has 0 saturated carbocycles. The van der Waals surface area contributed by atoms with Crippen molar-refractivity contribution < 1.29 is 14.5 Å². The van der Waals surface area contributed by atoms with E-state index in [0.29, 0.717) is 12.1 Å². The topological polar surface area (TPSA) is 83.8 Å². The van der Waals surface area contributed by atoms with Crippen molar-refractivity contribution in [1.82, 2.24) is 4.90 Å². The Morgan fingerprint density at radius 2 is 1.44 bits per heavy atom. The lowest BCUT2D eigenvalue weighted by atomic mass is 10.0. The number of likely N-dealkylation sites (N-methyl/N-ethyl adjacent to an activating group) is 1. The summed E-state index contributed by atoms with van der Waals surface area (Å²) in [5.74, 6) is -0.810. The lowest BCUT2D eigenvalue weighted by Gasteiger charge is -2.25. The number of nitro groups is 1. The molecule has 0 atom stereocenters. The fraction of sp³-hybridized carbons (Fsp3) is 0.120. The molecule has 32 heavy (non-hydrogen) atoms. The van der Waals surface area contributed by atoms with Crippen LogP contribution in [-0.4, -0.2) is 28.2 Å². The first-order valence-corrected chi connectivity index (χ1v) is 10.2. The largest absolute Gasteiger partial charge is 0.337 e. The first-order chi connectivity index (χ1) is 15.5. The van der Waals surface area contributed by atoms with E-state index in [-0.39, 0.29) is 23.5 Å². The SMILES string of the molecule is CCN(C1=C(c2ccc([N+](=O)[O-])cc2)C(=O)N(Cc2ccccc2)C1=O)c1ccccc1. The second-order valence-corrected chi connectivity index (χ2v) is 7.29. The van der Waals surface area contributed by atoms with Gasteiger partial charge in [0.25, 0.3) is 17.5 Å². The molecule has 2 amide bonds. The number of imide groups is 1. The maximum absolute atomic E-state index is 13.6. The lowest BCUT2D eigenvalue weighted by molar-refractivity contribution is -0.384. The summed E-state index contributed by atoms with van der Waals surface area (Å²) in [5, 5.41) is 11.1. The molecule has 0 aliphatic carbocycles. The van der Waals surface area contributed by atoms with Crippen LogP contribution in [0.1, 0.15) is 18.1 Å². The number of anilines is 1. The summed E-state index contributed by atoms with van der Waals surface area (Å²) < 4.78 is 0. The molecule has 4 rings (SSSR count). The quantitative estimate of drug-likeness (QED) is 0.317. The second-order valence-electron chi connectivity index (χ2n) is 7.29. The minimum atomic E-state index is -0.495. The van der Waals surface area contributed by atoms with Gasteiger partial charge >= 0.3 is 0 Å². The maximum Gasteiger partial charge on any atom is 0.278 e. The monoisotopic (exact) mass is 427 g/mol. The van der Waals surface area contributed by atoms with E-state index in [0.717, 1.165) is 11.3 Å². The summed E-state index contributed by atoms with van der Waals surface area (Å²) in [4.78, 5) is 40.6. The number of carbonyl (C=O) groups excluding carboxylic acids is 2. The van der Waals surface area contributed by atoms with E-state index in [1.165, 1.54) is 29.2 Å². The number of hydrogen-bond acceptors (Lipinski definition) is 5. The van der Waals surface area contributed by atoms with Crippen molar-refractivity contribution in [2.75, 3.05) is 11.4 Å². The van der Waals surface area contributed by atoms with Crippen molar-refractivity contribution in [3.8, 4) is 0 Å². The van der Waals surface area contributed by atoms with Crippen LogP contribution in [-0.2, 0) is 16.1 Å². The van der Waals surface area contributed by atoms with Gasteiger partial charge in [-0.1, -0.05) is 48.5 Å². The van der Waals surface area contributed by atoms with Gasteiger partial charge in [-0.05, 0) is 42.3 Å². The Hall–Kier alpha value is -4.26. The van der Waals surface area contributed by atoms with E-state index in [4.69, 9.17) is 0 Å². The minimum absolute atomic E-state index is 0.0794. The Bertz CT molecular complexity index is 1190. The molecule has 160 valence electrons. The Morgan fingerprint density at radius 1 is 0.844 bits per heavy atom. The predicted molar refractivity (Wildman–Crippen MR) is 121 cm³/mol. The molecule has 3 aromatic rings. The highest BCUT2D eigenvalue weighted by molar-refractivity contribution is 6.36. The van der Waals surface area contributed by atoms with E-state index in [2.05, 4.69) is 0 Å². The Kier molecular flexibility index (Phi) is 5.81. The van der Waals surface area contributed by atoms with Crippen LogP contribution in [0.25, 0.3) is 5.57 Å². The van der Waals surface area contributed by atoms with Gasteiger partial charge in [0.05, 0.1) is 17.0 Å². The van der Waals surface area contributed by atoms with Crippen molar-refractivity contribution >= 4 is 28.8 Å². The highest BCUT2D eigenvalue weighted by atomic mass is 16.6. The average molecular weight is 427 g/mol. The molecular formula is C25H21N3O4. The molecule has 1 aliphatic rings. The third-order valence-corrected chi connectivity index (χ3v) is 5.35. The summed E-state index contributed by atoms with van der Waals surface area (Å²) in [6.45, 7) is 2.52. The van der Waals surface area contributed by atoms with Gasteiger partial charge in [-0.15, -0.1) is 0 Å². The number of benzene rings is 3. The molecule has 7 nitrogen and oxygen atoms in total. The third-order valence-electron chi connectivity index (χ3n) is 5.35. The molecule has 0 fully saturated rings. The fourth-order valence-electron chi connectivity index (χ4n) is 3.81. The average Bonchev–Trinajstić information content (AvgIpc) is 3.06. The number of amides is 2. The normalized spacial score (nSPS) is 13.6. The van der Waals surface area contributed by atoms with Crippen molar-refractivity contribution in [3.63, 3.8) is 0 Å². The van der Waals surface area contributed by atoms with Crippen molar-refractivity contribution in [2.24, 2.45) is 0 Å². The molecule has 3 aromatic carbocycles. The van der Waals surface area contributed by atoms with Crippen molar-refractivity contribution in [2.45, 2.75) is 13.5 Å². The van der Waals surface area contributed by atoms with E-state index >= 15 is 0 Å². The van der Waals surface area contributed by atoms with Crippen LogP contribution in [0.5, 0.6) is 0 Å². The van der Waals surface area contributed by atoms with Gasteiger partial charge in [0.2, 0.25) is 0 Å². The second kappa shape index (κ2) is 8.85. The van der Waals surface area contributed by atoms with Gasteiger partial charge in [-0.25, -0.2) is 0 Å². The molecule has 0 unspecified atom stereocenters. The zero-order valence-electron chi connectivity index (χ0n) is 17.5. The van der Waals surface area contributed by atoms with Crippen LogP contribution in [0, 0.1) is 10.1 Å². The van der Waals surface area contributed by atoms with E-state index in [9.17, 15) is 19.7 Å². The van der Waals surface area contributed by atoms with Gasteiger partial charge < -0.3 is 4.90 Å². The number of hydrogen-bond donors (Lipinski definition) is 0. The molecule has 1 aliphatic heterocycles. The van der Waals surface area contributed by atoms with Crippen molar-refractivity contribution in [1.29, 1.82) is 0 Å². The molecule has 0 spiro atoms. The number of nitrogens with zero attached hydrogens (tertiary/aromatic N) is 3. The van der Waals surface area contributed by atoms with Gasteiger partial charge in [0.15, 0.2) is 0 Å². The van der Waals surface area contributed by atoms with Crippen LogP contribution >= 0.6 is 0 Å². The standard InChI is InChI=1S/C25H21N3O4/c1-2-26(20-11-7-4-8-12-20)23-22(19-13-15-21(16-14-19)28(31)32)24(29)27(25(23)30)17-18-9-5-3-6-10-18/h3-16H,2,17H2,1H3. The van der Waals surface area contributed by atoms with Gasteiger partial charge in [0.1, 0.15) is 5.70 Å². The van der Waals surface area contributed by atoms with Gasteiger partial charge in [0, 0.05) is 24.4 Å². The first-order valence-electron chi connectivity index (χ1n) is 10.2. The Labute approximate surface area is 185 Å². The van der Waals surface area contributed by atoms with Crippen LogP contribution in [0.2, 0.25) is 0 Å². The number of nitro benzene ring substituents is 1. The fourth-order valence-corrected chi connectivity index (χ4v) is 3.81. The summed E-state index contributed by atoms with van der Waals surface area (Å²) in [6, 6.07) is 24.4. The van der Waals surface area contributed by atoms with E-state index in [1.807, 2.05) is 72.5 Å². The predicted octanol–water partition coefficient (Wildman–Crippen LogP) is 4.40. The Balaban J connectivity index is 1.82. The number of carbonyl (C=O) groups is 2. The van der Waals surface area contributed by atoms with E-state index < -0.39 is 16.7 Å². The number of rotatable bonds is 7. The summed E-state index contributed by atoms with van der Waals surface area (Å²) in [5.41, 5.74) is 2.52. The van der Waals surface area contributed by atoms with Crippen molar-refractivity contribution in [3.05, 3.63) is 112 Å². The highest BCUT2D eigenvalue weighted by Gasteiger charge is 2.41. The van der Waals surface area contributed by atoms with Crippen LogP contribution in [0.15, 0.2) is 90.6 Å². The zero-order valence-corrected chi connectivity index (χ0v) is 17.5. The molecule has 1 heterocycles. The van der Waals surface area contributed by atoms with Crippen LogP contribution < -0.4 is 4.90 Å². The highest BCUT2D eigenvalue weighted by Crippen LogP contribution is 2.35. The molecule has 0 N–H and O–H groups in total. The van der Waals surface area contributed by atoms with Crippen LogP contribution in [0.4, 0.5) is 11.4 Å². The molecule has 7 heteroatoms. The Morgan fingerprint density at radius 3 is 2.00 bits per heavy atom. The number of para-hydroxylation sites is 1. The van der Waals surface area contributed by atoms with Crippen LogP contribution in [0.3, 0.4) is 0 Å². The smallest absolute Gasteiger partial charge is 0.278 e. The molecule has 0 radical (unpaired) electrons. The molecule has 0 bridgehead atoms. The molecular weight excluding hydrogens is 406 g/mol. The third kappa shape index (κ3) is 3.88. The molecule has 0 saturated heterocycles. The maximum atomic E-state index is 13.6. The summed E-state index contributed by atoms with van der Waals surface area (Å²) in [7, 11) is 0. The summed E-state index contributed by atoms with van der Waals surface area (Å²) in [6.07, 6.45) is 0. The van der Waals surface area contributed by atoms with Gasteiger partial charge in [-0.2, -0.15) is 0 Å². The van der Waals surface area contributed by atoms with Gasteiger partial charge in [-0.3, -0.25) is 24.6 Å². The van der Waals surface area contributed by atoms with E-state index in [1.54, 1.807) is 0 Å². The lowest BCUT2D eigenvalue weighted by Crippen LogP contribution is -2.34. The number of non-ortho nitro benzene ring substituents is 1. The first kappa shape index (κ1) is 21.0. The minimum Gasteiger partial charge on any atom is -0.337 e.